The summed E-state index contributed by atoms with van der Waals surface area (Å²) in [6.45, 7) is 5.73. The molecule has 2 aromatic carbocycles. The van der Waals surface area contributed by atoms with E-state index in [1.54, 1.807) is 6.07 Å². The second kappa shape index (κ2) is 8.22. The average molecular weight is 431 g/mol. The fraction of sp³-hybridized carbons (Fsp3) is 0.360. The quantitative estimate of drug-likeness (QED) is 0.484. The fourth-order valence-corrected chi connectivity index (χ4v) is 4.41. The minimum absolute atomic E-state index is 0.130. The van der Waals surface area contributed by atoms with E-state index in [0.29, 0.717) is 36.1 Å². The Kier molecular flexibility index (Phi) is 5.25. The van der Waals surface area contributed by atoms with Gasteiger partial charge in [0, 0.05) is 30.9 Å². The van der Waals surface area contributed by atoms with E-state index in [2.05, 4.69) is 10.1 Å². The second-order valence-corrected chi connectivity index (χ2v) is 8.86. The molecule has 5 rings (SSSR count). The molecule has 164 valence electrons. The third-order valence-electron chi connectivity index (χ3n) is 6.05. The van der Waals surface area contributed by atoms with Gasteiger partial charge in [-0.25, -0.2) is 9.67 Å². The molecule has 7 heteroatoms. The van der Waals surface area contributed by atoms with E-state index in [4.69, 9.17) is 4.42 Å². The number of piperidine rings is 1. The van der Waals surface area contributed by atoms with Crippen molar-refractivity contribution < 1.29 is 9.21 Å². The van der Waals surface area contributed by atoms with Gasteiger partial charge in [0.05, 0.1) is 5.39 Å². The van der Waals surface area contributed by atoms with Crippen LogP contribution in [0.2, 0.25) is 0 Å². The van der Waals surface area contributed by atoms with E-state index >= 15 is 0 Å². The highest BCUT2D eigenvalue weighted by Crippen LogP contribution is 2.30. The number of carbonyl (C=O) groups is 1. The number of likely N-dealkylation sites (tertiary alicyclic amines) is 1. The summed E-state index contributed by atoms with van der Waals surface area (Å²) in [5.74, 6) is 1.05. The maximum Gasteiger partial charge on any atom is 0.274 e. The Morgan fingerprint density at radius 1 is 1.06 bits per heavy atom. The van der Waals surface area contributed by atoms with Crippen LogP contribution in [0.5, 0.6) is 0 Å². The molecule has 0 spiro atoms. The first-order valence-electron chi connectivity index (χ1n) is 11.2. The number of carbonyl (C=O) groups excluding carboxylic acids is 1. The summed E-state index contributed by atoms with van der Waals surface area (Å²) in [6.07, 6.45) is 1.56. The van der Waals surface area contributed by atoms with Crippen molar-refractivity contribution in [3.05, 3.63) is 70.5 Å². The third-order valence-corrected chi connectivity index (χ3v) is 6.05. The molecule has 1 fully saturated rings. The molecule has 1 saturated heterocycles. The predicted molar refractivity (Wildman–Crippen MR) is 123 cm³/mol. The molecule has 0 N–H and O–H groups in total. The molecule has 3 heterocycles. The van der Waals surface area contributed by atoms with Gasteiger partial charge in [-0.15, -0.1) is 0 Å². The molecule has 32 heavy (non-hydrogen) atoms. The number of para-hydroxylation sites is 2. The summed E-state index contributed by atoms with van der Waals surface area (Å²) in [5.41, 5.74) is 1.86. The molecule has 4 aromatic rings. The van der Waals surface area contributed by atoms with Gasteiger partial charge in [-0.2, -0.15) is 5.10 Å². The van der Waals surface area contributed by atoms with Crippen molar-refractivity contribution in [1.29, 1.82) is 0 Å². The normalized spacial score (nSPS) is 15.2. The Morgan fingerprint density at radius 2 is 1.75 bits per heavy atom. The van der Waals surface area contributed by atoms with Gasteiger partial charge in [0.15, 0.2) is 17.2 Å². The number of hydrogen-bond acceptors (Lipinski definition) is 5. The van der Waals surface area contributed by atoms with Gasteiger partial charge >= 0.3 is 0 Å². The van der Waals surface area contributed by atoms with Crippen molar-refractivity contribution in [2.75, 3.05) is 13.1 Å². The molecule has 0 aliphatic carbocycles. The summed E-state index contributed by atoms with van der Waals surface area (Å²) < 4.78 is 7.38. The number of nitrogens with zero attached hydrogens (tertiary/aromatic N) is 4. The first kappa shape index (κ1) is 20.4. The smallest absolute Gasteiger partial charge is 0.274 e. The van der Waals surface area contributed by atoms with Gasteiger partial charge in [-0.05, 0) is 37.0 Å². The Morgan fingerprint density at radius 3 is 2.47 bits per heavy atom. The highest BCUT2D eigenvalue weighted by atomic mass is 16.3. The highest BCUT2D eigenvalue weighted by molar-refractivity contribution is 6.04. The standard InChI is InChI=1S/C25H26N4O3/c1-16(2)15-29-24(30)19-8-4-3-7-18(19)22(27-29)25(31)28-13-11-17(12-14-28)23-26-20-9-5-6-10-21(20)32-23/h3-10,16-17H,11-15H2,1-2H3. The molecule has 2 aromatic heterocycles. The van der Waals surface area contributed by atoms with E-state index in [9.17, 15) is 9.59 Å². The lowest BCUT2D eigenvalue weighted by Crippen LogP contribution is -2.39. The molecule has 0 atom stereocenters. The molecular weight excluding hydrogens is 404 g/mol. The minimum atomic E-state index is -0.152. The van der Waals surface area contributed by atoms with Crippen LogP contribution in [-0.4, -0.2) is 38.7 Å². The summed E-state index contributed by atoms with van der Waals surface area (Å²) in [7, 11) is 0. The zero-order chi connectivity index (χ0) is 22.2. The number of oxazole rings is 1. The van der Waals surface area contributed by atoms with Crippen molar-refractivity contribution in [1.82, 2.24) is 19.7 Å². The van der Waals surface area contributed by atoms with Crippen molar-refractivity contribution in [2.45, 2.75) is 39.2 Å². The van der Waals surface area contributed by atoms with Gasteiger partial charge in [0.1, 0.15) is 5.52 Å². The van der Waals surface area contributed by atoms with E-state index in [-0.39, 0.29) is 23.3 Å². The van der Waals surface area contributed by atoms with Crippen molar-refractivity contribution >= 4 is 27.8 Å². The Bertz CT molecular complexity index is 1310. The van der Waals surface area contributed by atoms with E-state index < -0.39 is 0 Å². The summed E-state index contributed by atoms with van der Waals surface area (Å²) in [5, 5.41) is 5.65. The lowest BCUT2D eigenvalue weighted by molar-refractivity contribution is 0.0700. The van der Waals surface area contributed by atoms with Crippen molar-refractivity contribution in [3.63, 3.8) is 0 Å². The molecule has 7 nitrogen and oxygen atoms in total. The van der Waals surface area contributed by atoms with Gasteiger partial charge in [-0.3, -0.25) is 9.59 Å². The Hall–Kier alpha value is -3.48. The molecule has 0 saturated carbocycles. The second-order valence-electron chi connectivity index (χ2n) is 8.86. The van der Waals surface area contributed by atoms with Gasteiger partial charge < -0.3 is 9.32 Å². The minimum Gasteiger partial charge on any atom is -0.440 e. The van der Waals surface area contributed by atoms with E-state index in [1.807, 2.05) is 61.2 Å². The third kappa shape index (κ3) is 3.68. The van der Waals surface area contributed by atoms with Crippen LogP contribution in [0.4, 0.5) is 0 Å². The molecule has 1 amide bonds. The number of benzene rings is 2. The van der Waals surface area contributed by atoms with Crippen LogP contribution >= 0.6 is 0 Å². The topological polar surface area (TPSA) is 81.2 Å². The molecular formula is C25H26N4O3. The Labute approximate surface area is 185 Å². The lowest BCUT2D eigenvalue weighted by atomic mass is 9.96. The van der Waals surface area contributed by atoms with Gasteiger partial charge in [0.2, 0.25) is 0 Å². The SMILES string of the molecule is CC(C)Cn1nc(C(=O)N2CCC(c3nc4ccccc4o3)CC2)c2ccccc2c1=O. The molecule has 0 radical (unpaired) electrons. The zero-order valence-corrected chi connectivity index (χ0v) is 18.3. The molecule has 0 unspecified atom stereocenters. The molecule has 0 bridgehead atoms. The highest BCUT2D eigenvalue weighted by Gasteiger charge is 2.29. The number of hydrogen-bond donors (Lipinski definition) is 0. The van der Waals surface area contributed by atoms with E-state index in [0.717, 1.165) is 29.8 Å². The number of amides is 1. The predicted octanol–water partition coefficient (Wildman–Crippen LogP) is 4.21. The number of aromatic nitrogens is 3. The van der Waals surface area contributed by atoms with Crippen LogP contribution in [0.1, 0.15) is 49.0 Å². The van der Waals surface area contributed by atoms with Crippen LogP contribution < -0.4 is 5.56 Å². The zero-order valence-electron chi connectivity index (χ0n) is 18.3. The van der Waals surface area contributed by atoms with Crippen LogP contribution in [0, 0.1) is 5.92 Å². The first-order valence-corrected chi connectivity index (χ1v) is 11.2. The maximum atomic E-state index is 13.5. The average Bonchev–Trinajstić information content (AvgIpc) is 3.25. The fourth-order valence-electron chi connectivity index (χ4n) is 4.41. The lowest BCUT2D eigenvalue weighted by Gasteiger charge is -2.30. The van der Waals surface area contributed by atoms with Crippen LogP contribution in [0.25, 0.3) is 21.9 Å². The monoisotopic (exact) mass is 430 g/mol. The maximum absolute atomic E-state index is 13.5. The van der Waals surface area contributed by atoms with E-state index in [1.165, 1.54) is 4.68 Å². The van der Waals surface area contributed by atoms with Crippen molar-refractivity contribution in [2.24, 2.45) is 5.92 Å². The van der Waals surface area contributed by atoms with Gasteiger partial charge in [-0.1, -0.05) is 44.2 Å². The summed E-state index contributed by atoms with van der Waals surface area (Å²) in [4.78, 5) is 32.8. The van der Waals surface area contributed by atoms with Crippen LogP contribution in [0.15, 0.2) is 57.7 Å². The van der Waals surface area contributed by atoms with Crippen LogP contribution in [-0.2, 0) is 6.54 Å². The summed E-state index contributed by atoms with van der Waals surface area (Å²) in [6, 6.07) is 15.0. The Balaban J connectivity index is 1.40. The van der Waals surface area contributed by atoms with Crippen LogP contribution in [0.3, 0.4) is 0 Å². The number of rotatable bonds is 4. The molecule has 1 aliphatic heterocycles. The first-order chi connectivity index (χ1) is 15.5. The van der Waals surface area contributed by atoms with Crippen molar-refractivity contribution in [3.8, 4) is 0 Å². The summed E-state index contributed by atoms with van der Waals surface area (Å²) >= 11 is 0. The van der Waals surface area contributed by atoms with Gasteiger partial charge in [0.25, 0.3) is 11.5 Å². The number of fused-ring (bicyclic) bond motifs is 2. The largest absolute Gasteiger partial charge is 0.440 e. The molecule has 1 aliphatic rings.